The fourth-order valence-electron chi connectivity index (χ4n) is 3.17. The average Bonchev–Trinajstić information content (AvgIpc) is 3.00. The molecule has 4 rings (SSSR count). The van der Waals surface area contributed by atoms with Gasteiger partial charge in [-0.25, -0.2) is 4.98 Å². The van der Waals surface area contributed by atoms with Crippen LogP contribution < -0.4 is 10.9 Å². The van der Waals surface area contributed by atoms with Crippen LogP contribution >= 0.6 is 15.9 Å². The highest BCUT2D eigenvalue weighted by Crippen LogP contribution is 2.25. The van der Waals surface area contributed by atoms with Gasteiger partial charge in [-0.3, -0.25) is 20.4 Å². The van der Waals surface area contributed by atoms with Gasteiger partial charge >= 0.3 is 0 Å². The van der Waals surface area contributed by atoms with E-state index >= 15 is 0 Å². The van der Waals surface area contributed by atoms with Gasteiger partial charge in [-0.05, 0) is 42.8 Å². The van der Waals surface area contributed by atoms with Crippen LogP contribution in [0, 0.1) is 6.92 Å². The lowest BCUT2D eigenvalue weighted by Gasteiger charge is -2.08. The molecule has 0 radical (unpaired) electrons. The number of halogens is 1. The average molecular weight is 437 g/mol. The minimum Gasteiger partial charge on any atom is -0.358 e. The third kappa shape index (κ3) is 3.61. The Hall–Kier alpha value is -3.19. The molecule has 6 nitrogen and oxygen atoms in total. The Balaban J connectivity index is 1.45. The van der Waals surface area contributed by atoms with Crippen molar-refractivity contribution in [3.8, 4) is 0 Å². The summed E-state index contributed by atoms with van der Waals surface area (Å²) in [6, 6.07) is 16.9. The molecule has 7 heteroatoms. The van der Waals surface area contributed by atoms with Crippen molar-refractivity contribution in [2.45, 2.75) is 13.3 Å². The number of para-hydroxylation sites is 1. The van der Waals surface area contributed by atoms with Gasteiger partial charge in [0.05, 0.1) is 11.9 Å². The molecule has 28 heavy (non-hydrogen) atoms. The minimum atomic E-state index is -0.461. The lowest BCUT2D eigenvalue weighted by molar-refractivity contribution is -0.121. The number of aromatic amines is 1. The predicted molar refractivity (Wildman–Crippen MR) is 112 cm³/mol. The van der Waals surface area contributed by atoms with Crippen molar-refractivity contribution in [3.63, 3.8) is 0 Å². The Labute approximate surface area is 169 Å². The van der Waals surface area contributed by atoms with Crippen molar-refractivity contribution >= 4 is 49.6 Å². The molecule has 0 saturated heterocycles. The number of aryl methyl sites for hydroxylation is 1. The monoisotopic (exact) mass is 436 g/mol. The zero-order valence-corrected chi connectivity index (χ0v) is 16.6. The van der Waals surface area contributed by atoms with Crippen molar-refractivity contribution in [3.05, 3.63) is 76.0 Å². The van der Waals surface area contributed by atoms with Crippen LogP contribution in [0.1, 0.15) is 21.7 Å². The van der Waals surface area contributed by atoms with Gasteiger partial charge in [-0.2, -0.15) is 0 Å². The number of H-pyrrole nitrogens is 1. The lowest BCUT2D eigenvalue weighted by atomic mass is 10.1. The second-order valence-corrected chi connectivity index (χ2v) is 7.40. The van der Waals surface area contributed by atoms with E-state index < -0.39 is 5.91 Å². The largest absolute Gasteiger partial charge is 0.358 e. The number of hydrogen-bond acceptors (Lipinski definition) is 3. The van der Waals surface area contributed by atoms with Crippen LogP contribution in [0.2, 0.25) is 0 Å². The summed E-state index contributed by atoms with van der Waals surface area (Å²) in [5.74, 6) is -0.768. The first kappa shape index (κ1) is 18.2. The van der Waals surface area contributed by atoms with E-state index in [4.69, 9.17) is 0 Å². The number of nitrogens with one attached hydrogen (secondary N) is 3. The summed E-state index contributed by atoms with van der Waals surface area (Å²) in [5, 5.41) is 1.92. The molecule has 0 fully saturated rings. The van der Waals surface area contributed by atoms with Crippen LogP contribution in [-0.4, -0.2) is 21.8 Å². The van der Waals surface area contributed by atoms with Crippen molar-refractivity contribution < 1.29 is 9.59 Å². The number of pyridine rings is 1. The molecular weight excluding hydrogens is 420 g/mol. The van der Waals surface area contributed by atoms with E-state index in [9.17, 15) is 9.59 Å². The molecule has 0 bridgehead atoms. The number of aromatic nitrogens is 2. The van der Waals surface area contributed by atoms with Crippen LogP contribution in [0.3, 0.4) is 0 Å². The van der Waals surface area contributed by atoms with E-state index in [1.54, 1.807) is 6.07 Å². The maximum absolute atomic E-state index is 12.4. The summed E-state index contributed by atoms with van der Waals surface area (Å²) in [7, 11) is 0. The van der Waals surface area contributed by atoms with Crippen molar-refractivity contribution in [2.24, 2.45) is 0 Å². The first-order chi connectivity index (χ1) is 13.5. The number of hydrogen-bond donors (Lipinski definition) is 3. The van der Waals surface area contributed by atoms with Gasteiger partial charge in [0.2, 0.25) is 5.91 Å². The minimum absolute atomic E-state index is 0.147. The number of carbonyl (C=O) groups is 2. The lowest BCUT2D eigenvalue weighted by Crippen LogP contribution is -2.42. The molecule has 0 unspecified atom stereocenters. The van der Waals surface area contributed by atoms with Crippen LogP contribution in [0.25, 0.3) is 21.8 Å². The van der Waals surface area contributed by atoms with Crippen molar-refractivity contribution in [1.29, 1.82) is 0 Å². The second-order valence-electron chi connectivity index (χ2n) is 6.49. The summed E-state index contributed by atoms with van der Waals surface area (Å²) in [4.78, 5) is 32.3. The number of amides is 2. The maximum atomic E-state index is 12.4. The normalized spacial score (nSPS) is 10.9. The summed E-state index contributed by atoms with van der Waals surface area (Å²) in [5.41, 5.74) is 8.65. The summed E-state index contributed by atoms with van der Waals surface area (Å²) in [6.07, 6.45) is 0.147. The molecule has 2 heterocycles. The van der Waals surface area contributed by atoms with E-state index in [0.717, 1.165) is 37.5 Å². The molecule has 0 atom stereocenters. The molecule has 2 aromatic heterocycles. The number of nitrogens with zero attached hydrogens (tertiary/aromatic N) is 1. The maximum Gasteiger partial charge on any atom is 0.288 e. The third-order valence-electron chi connectivity index (χ3n) is 4.57. The molecule has 0 spiro atoms. The first-order valence-electron chi connectivity index (χ1n) is 8.73. The zero-order chi connectivity index (χ0) is 19.7. The van der Waals surface area contributed by atoms with Gasteiger partial charge in [-0.15, -0.1) is 0 Å². The number of hydrazine groups is 1. The Morgan fingerprint density at radius 1 is 1.07 bits per heavy atom. The smallest absolute Gasteiger partial charge is 0.288 e. The van der Waals surface area contributed by atoms with Crippen LogP contribution in [0.5, 0.6) is 0 Å². The van der Waals surface area contributed by atoms with E-state index in [0.29, 0.717) is 0 Å². The Morgan fingerprint density at radius 3 is 2.75 bits per heavy atom. The van der Waals surface area contributed by atoms with Crippen LogP contribution in [0.15, 0.2) is 59.1 Å². The summed E-state index contributed by atoms with van der Waals surface area (Å²) < 4.78 is 0.941. The highest BCUT2D eigenvalue weighted by molar-refractivity contribution is 9.10. The van der Waals surface area contributed by atoms with Crippen molar-refractivity contribution in [2.75, 3.05) is 0 Å². The Morgan fingerprint density at radius 2 is 1.89 bits per heavy atom. The summed E-state index contributed by atoms with van der Waals surface area (Å²) >= 11 is 3.46. The second kappa shape index (κ2) is 7.44. The van der Waals surface area contributed by atoms with Crippen LogP contribution in [-0.2, 0) is 11.2 Å². The van der Waals surface area contributed by atoms with Gasteiger partial charge in [0.1, 0.15) is 5.69 Å². The summed E-state index contributed by atoms with van der Waals surface area (Å²) in [6.45, 7) is 1.92. The van der Waals surface area contributed by atoms with Gasteiger partial charge in [0, 0.05) is 26.5 Å². The molecule has 2 amide bonds. The van der Waals surface area contributed by atoms with Crippen molar-refractivity contribution in [1.82, 2.24) is 20.8 Å². The predicted octanol–water partition coefficient (Wildman–Crippen LogP) is 3.79. The number of benzene rings is 2. The quantitative estimate of drug-likeness (QED) is 0.427. The van der Waals surface area contributed by atoms with E-state index in [1.165, 1.54) is 0 Å². The fraction of sp³-hybridized carbons (Fsp3) is 0.0952. The van der Waals surface area contributed by atoms with Gasteiger partial charge in [0.25, 0.3) is 5.91 Å². The Bertz CT molecular complexity index is 1220. The van der Waals surface area contributed by atoms with E-state index in [1.807, 2.05) is 55.5 Å². The van der Waals surface area contributed by atoms with Crippen LogP contribution in [0.4, 0.5) is 0 Å². The molecule has 140 valence electrons. The standard InChI is InChI=1S/C21H17BrN4O2/c1-12-15(16-10-14(22)7-9-18(16)23-12)11-20(27)25-26-21(28)19-8-6-13-4-2-3-5-17(13)24-19/h2-10,23H,11H2,1H3,(H,25,27)(H,26,28). The Kier molecular flexibility index (Phi) is 4.83. The van der Waals surface area contributed by atoms with Gasteiger partial charge < -0.3 is 4.98 Å². The topological polar surface area (TPSA) is 86.9 Å². The van der Waals surface area contributed by atoms with Gasteiger partial charge in [0.15, 0.2) is 0 Å². The highest BCUT2D eigenvalue weighted by Gasteiger charge is 2.14. The van der Waals surface area contributed by atoms with E-state index in [-0.39, 0.29) is 18.0 Å². The molecule has 4 aromatic rings. The zero-order valence-electron chi connectivity index (χ0n) is 15.0. The fourth-order valence-corrected chi connectivity index (χ4v) is 3.53. The molecule has 0 saturated carbocycles. The first-order valence-corrected chi connectivity index (χ1v) is 9.52. The van der Waals surface area contributed by atoms with E-state index in [2.05, 4.69) is 36.7 Å². The molecule has 0 aliphatic heterocycles. The number of rotatable bonds is 3. The molecule has 2 aromatic carbocycles. The molecular formula is C21H17BrN4O2. The number of carbonyl (C=O) groups excluding carboxylic acids is 2. The van der Waals surface area contributed by atoms with Gasteiger partial charge in [-0.1, -0.05) is 40.2 Å². The molecule has 0 aliphatic carbocycles. The highest BCUT2D eigenvalue weighted by atomic mass is 79.9. The third-order valence-corrected chi connectivity index (χ3v) is 5.06. The SMILES string of the molecule is Cc1[nH]c2ccc(Br)cc2c1CC(=O)NNC(=O)c1ccc2ccccc2n1. The molecule has 3 N–H and O–H groups in total. The number of fused-ring (bicyclic) bond motifs is 2. The molecule has 0 aliphatic rings.